The maximum absolute atomic E-state index is 12.7. The number of nitrogens with one attached hydrogen (secondary N) is 2. The molecular weight excluding hydrogens is 436 g/mol. The molecule has 0 aliphatic carbocycles. The van der Waals surface area contributed by atoms with Crippen LogP contribution in [0.5, 0.6) is 11.5 Å². The highest BCUT2D eigenvalue weighted by atomic mass is 16.5. The first-order valence-corrected chi connectivity index (χ1v) is 10.4. The van der Waals surface area contributed by atoms with E-state index in [4.69, 9.17) is 9.47 Å². The van der Waals surface area contributed by atoms with Crippen LogP contribution in [-0.2, 0) is 11.3 Å². The molecule has 1 aromatic heterocycles. The number of ether oxygens (including phenoxy) is 2. The van der Waals surface area contributed by atoms with Gasteiger partial charge < -0.3 is 20.1 Å². The summed E-state index contributed by atoms with van der Waals surface area (Å²) in [5.74, 6) is -0.145. The maximum Gasteiger partial charge on any atom is 0.261 e. The van der Waals surface area contributed by atoms with Crippen molar-refractivity contribution in [2.45, 2.75) is 6.54 Å². The second kappa shape index (κ2) is 9.86. The van der Waals surface area contributed by atoms with Crippen molar-refractivity contribution in [2.75, 3.05) is 24.9 Å². The smallest absolute Gasteiger partial charge is 0.261 e. The van der Waals surface area contributed by atoms with Gasteiger partial charge in [0.2, 0.25) is 5.91 Å². The molecule has 1 heterocycles. The minimum Gasteiger partial charge on any atom is -0.494 e. The zero-order valence-corrected chi connectivity index (χ0v) is 18.6. The lowest BCUT2D eigenvalue weighted by Crippen LogP contribution is -2.28. The van der Waals surface area contributed by atoms with E-state index >= 15 is 0 Å². The van der Waals surface area contributed by atoms with Gasteiger partial charge in [-0.15, -0.1) is 0 Å². The molecule has 172 valence electrons. The minimum absolute atomic E-state index is 0.241. The highest BCUT2D eigenvalue weighted by molar-refractivity contribution is 6.05. The predicted molar refractivity (Wildman–Crippen MR) is 129 cm³/mol. The van der Waals surface area contributed by atoms with Crippen molar-refractivity contribution in [3.63, 3.8) is 0 Å². The Balaban J connectivity index is 1.56. The van der Waals surface area contributed by atoms with Crippen LogP contribution >= 0.6 is 0 Å². The largest absolute Gasteiger partial charge is 0.494 e. The number of hydrogen-bond donors (Lipinski definition) is 2. The summed E-state index contributed by atoms with van der Waals surface area (Å²) in [5.41, 5.74) is 1.42. The average molecular weight is 458 g/mol. The summed E-state index contributed by atoms with van der Waals surface area (Å²) in [5, 5.41) is 5.94. The Kier molecular flexibility index (Phi) is 6.54. The monoisotopic (exact) mass is 458 g/mol. The number of amides is 2. The summed E-state index contributed by atoms with van der Waals surface area (Å²) in [4.78, 5) is 42.2. The molecule has 0 spiro atoms. The zero-order chi connectivity index (χ0) is 24.1. The first-order valence-electron chi connectivity index (χ1n) is 10.4. The van der Waals surface area contributed by atoms with Gasteiger partial charge in [-0.05, 0) is 24.3 Å². The number of carbonyl (C=O) groups excluding carboxylic acids is 2. The maximum atomic E-state index is 12.7. The molecule has 3 aromatic carbocycles. The molecule has 2 N–H and O–H groups in total. The summed E-state index contributed by atoms with van der Waals surface area (Å²) in [6, 6.07) is 18.8. The normalized spacial score (nSPS) is 10.5. The lowest BCUT2D eigenvalue weighted by molar-refractivity contribution is -0.116. The second-order valence-corrected chi connectivity index (χ2v) is 7.32. The quantitative estimate of drug-likeness (QED) is 0.440. The van der Waals surface area contributed by atoms with Crippen molar-refractivity contribution in [3.05, 3.63) is 89.0 Å². The summed E-state index contributed by atoms with van der Waals surface area (Å²) < 4.78 is 12.0. The van der Waals surface area contributed by atoms with Gasteiger partial charge >= 0.3 is 0 Å². The highest BCUT2D eigenvalue weighted by Gasteiger charge is 2.17. The number of methoxy groups -OCH3 is 2. The van der Waals surface area contributed by atoms with E-state index in [1.807, 2.05) is 6.07 Å². The topological polar surface area (TPSA) is 112 Å². The van der Waals surface area contributed by atoms with E-state index in [1.165, 1.54) is 25.1 Å². The van der Waals surface area contributed by atoms with E-state index in [9.17, 15) is 14.4 Å². The van der Waals surface area contributed by atoms with Crippen LogP contribution in [0.3, 0.4) is 0 Å². The van der Waals surface area contributed by atoms with Crippen LogP contribution in [0.25, 0.3) is 10.9 Å². The van der Waals surface area contributed by atoms with Crippen molar-refractivity contribution in [2.24, 2.45) is 0 Å². The number of anilines is 2. The third kappa shape index (κ3) is 4.73. The van der Waals surface area contributed by atoms with Gasteiger partial charge in [-0.25, -0.2) is 4.98 Å². The molecule has 4 aromatic rings. The second-order valence-electron chi connectivity index (χ2n) is 7.32. The summed E-state index contributed by atoms with van der Waals surface area (Å²) >= 11 is 0. The third-order valence-corrected chi connectivity index (χ3v) is 5.13. The van der Waals surface area contributed by atoms with E-state index < -0.39 is 5.91 Å². The zero-order valence-electron chi connectivity index (χ0n) is 18.6. The van der Waals surface area contributed by atoms with Crippen LogP contribution in [0.4, 0.5) is 11.4 Å². The first kappa shape index (κ1) is 22.5. The molecule has 0 saturated heterocycles. The Labute approximate surface area is 195 Å². The Morgan fingerprint density at radius 2 is 1.50 bits per heavy atom. The fourth-order valence-corrected chi connectivity index (χ4v) is 3.44. The van der Waals surface area contributed by atoms with Crippen LogP contribution in [0.2, 0.25) is 0 Å². The Morgan fingerprint density at radius 3 is 2.18 bits per heavy atom. The fraction of sp³-hybridized carbons (Fsp3) is 0.120. The van der Waals surface area contributed by atoms with Crippen molar-refractivity contribution in [1.29, 1.82) is 0 Å². The molecular formula is C25H22N4O5. The number of carbonyl (C=O) groups is 2. The number of hydrogen-bond acceptors (Lipinski definition) is 6. The molecule has 0 aliphatic heterocycles. The predicted octanol–water partition coefficient (Wildman–Crippen LogP) is 3.30. The standard InChI is InChI=1S/C25H22N4O5/c1-33-21-13-20(28-24(31)16-8-4-3-5-9-16)22(34-2)12-19(21)27-23(30)14-29-15-26-18-11-7-6-10-17(18)25(29)32/h3-13,15H,14H2,1-2H3,(H,27,30)(H,28,31). The van der Waals surface area contributed by atoms with Crippen molar-refractivity contribution >= 4 is 34.1 Å². The van der Waals surface area contributed by atoms with Crippen LogP contribution in [0.1, 0.15) is 10.4 Å². The number of rotatable bonds is 7. The number of benzene rings is 3. The van der Waals surface area contributed by atoms with E-state index in [2.05, 4.69) is 15.6 Å². The van der Waals surface area contributed by atoms with Gasteiger partial charge in [0.25, 0.3) is 11.5 Å². The number of aromatic nitrogens is 2. The van der Waals surface area contributed by atoms with Crippen molar-refractivity contribution < 1.29 is 19.1 Å². The van der Waals surface area contributed by atoms with E-state index in [0.717, 1.165) is 0 Å². The summed E-state index contributed by atoms with van der Waals surface area (Å²) in [7, 11) is 2.89. The summed E-state index contributed by atoms with van der Waals surface area (Å²) in [6.07, 6.45) is 1.34. The van der Waals surface area contributed by atoms with Crippen LogP contribution in [-0.4, -0.2) is 35.6 Å². The van der Waals surface area contributed by atoms with Gasteiger partial charge in [-0.2, -0.15) is 0 Å². The third-order valence-electron chi connectivity index (χ3n) is 5.13. The molecule has 0 radical (unpaired) electrons. The van der Waals surface area contributed by atoms with Gasteiger partial charge in [-0.3, -0.25) is 19.0 Å². The van der Waals surface area contributed by atoms with E-state index in [-0.39, 0.29) is 18.0 Å². The Morgan fingerprint density at radius 1 is 0.882 bits per heavy atom. The van der Waals surface area contributed by atoms with Gasteiger partial charge in [0.05, 0.1) is 42.8 Å². The van der Waals surface area contributed by atoms with Gasteiger partial charge in [0.15, 0.2) is 0 Å². The highest BCUT2D eigenvalue weighted by Crippen LogP contribution is 2.36. The molecule has 0 aliphatic rings. The molecule has 9 nitrogen and oxygen atoms in total. The van der Waals surface area contributed by atoms with Crippen molar-refractivity contribution in [3.8, 4) is 11.5 Å². The first-order chi connectivity index (χ1) is 16.5. The average Bonchev–Trinajstić information content (AvgIpc) is 2.87. The number of nitrogens with zero attached hydrogens (tertiary/aromatic N) is 2. The molecule has 4 rings (SSSR count). The SMILES string of the molecule is COc1cc(NC(=O)c2ccccc2)c(OC)cc1NC(=O)Cn1cnc2ccccc2c1=O. The fourth-order valence-electron chi connectivity index (χ4n) is 3.44. The van der Waals surface area contributed by atoms with E-state index in [0.29, 0.717) is 39.3 Å². The Hall–Kier alpha value is -4.66. The van der Waals surface area contributed by atoms with Crippen LogP contribution in [0.15, 0.2) is 77.9 Å². The van der Waals surface area contributed by atoms with Crippen LogP contribution < -0.4 is 25.7 Å². The number of para-hydroxylation sites is 1. The molecule has 0 bridgehead atoms. The molecule has 0 unspecified atom stereocenters. The molecule has 0 fully saturated rings. The van der Waals surface area contributed by atoms with Gasteiger partial charge in [0.1, 0.15) is 18.0 Å². The van der Waals surface area contributed by atoms with Crippen molar-refractivity contribution in [1.82, 2.24) is 9.55 Å². The molecule has 0 atom stereocenters. The van der Waals surface area contributed by atoms with E-state index in [1.54, 1.807) is 60.7 Å². The molecule has 2 amide bonds. The summed E-state index contributed by atoms with van der Waals surface area (Å²) in [6.45, 7) is -0.241. The lowest BCUT2D eigenvalue weighted by Gasteiger charge is -2.16. The minimum atomic E-state index is -0.458. The molecule has 34 heavy (non-hydrogen) atoms. The van der Waals surface area contributed by atoms with Gasteiger partial charge in [0, 0.05) is 17.7 Å². The lowest BCUT2D eigenvalue weighted by atomic mass is 10.2. The Bertz CT molecular complexity index is 1420. The molecule has 0 saturated carbocycles. The molecule has 9 heteroatoms. The van der Waals surface area contributed by atoms with Gasteiger partial charge in [-0.1, -0.05) is 30.3 Å². The number of fused-ring (bicyclic) bond motifs is 1. The van der Waals surface area contributed by atoms with Crippen LogP contribution in [0, 0.1) is 0 Å².